The van der Waals surface area contributed by atoms with E-state index in [2.05, 4.69) is 6.58 Å². The smallest absolute Gasteiger partial charge is 0.252 e. The molecule has 6 heteroatoms. The van der Waals surface area contributed by atoms with Gasteiger partial charge in [-0.25, -0.2) is 12.7 Å². The Hall–Kier alpha value is -0.690. The first-order chi connectivity index (χ1) is 8.02. The number of hydrogen-bond acceptors (Lipinski definition) is 4. The standard InChI is InChI=1S/C11H18N2O2S2/c1-3-4-5-6-13(2)17(14,15)11-7-10(8-12)9-16-11/h3,7,9H,1,4-6,8,12H2,2H3. The van der Waals surface area contributed by atoms with E-state index in [1.807, 2.05) is 0 Å². The molecular formula is C11H18N2O2S2. The predicted molar refractivity (Wildman–Crippen MR) is 71.5 cm³/mol. The third kappa shape index (κ3) is 3.64. The van der Waals surface area contributed by atoms with E-state index in [0.29, 0.717) is 17.3 Å². The molecule has 17 heavy (non-hydrogen) atoms. The van der Waals surface area contributed by atoms with Gasteiger partial charge in [-0.1, -0.05) is 6.08 Å². The number of unbranched alkanes of at least 4 members (excludes halogenated alkanes) is 1. The van der Waals surface area contributed by atoms with Gasteiger partial charge in [0, 0.05) is 20.1 Å². The first-order valence-corrected chi connectivity index (χ1v) is 7.69. The van der Waals surface area contributed by atoms with Gasteiger partial charge in [-0.3, -0.25) is 0 Å². The van der Waals surface area contributed by atoms with E-state index < -0.39 is 10.0 Å². The maximum Gasteiger partial charge on any atom is 0.252 e. The molecule has 0 aliphatic carbocycles. The lowest BCUT2D eigenvalue weighted by Gasteiger charge is -2.15. The summed E-state index contributed by atoms with van der Waals surface area (Å²) in [6.45, 7) is 4.48. The molecular weight excluding hydrogens is 256 g/mol. The van der Waals surface area contributed by atoms with Gasteiger partial charge in [-0.15, -0.1) is 17.9 Å². The van der Waals surface area contributed by atoms with Crippen molar-refractivity contribution in [2.75, 3.05) is 13.6 Å². The van der Waals surface area contributed by atoms with Crippen LogP contribution in [0.3, 0.4) is 0 Å². The van der Waals surface area contributed by atoms with Crippen molar-refractivity contribution in [3.63, 3.8) is 0 Å². The Morgan fingerprint density at radius 3 is 2.82 bits per heavy atom. The Morgan fingerprint density at radius 2 is 2.29 bits per heavy atom. The molecule has 0 aromatic carbocycles. The summed E-state index contributed by atoms with van der Waals surface area (Å²) in [5, 5.41) is 1.78. The van der Waals surface area contributed by atoms with E-state index in [0.717, 1.165) is 18.4 Å². The summed E-state index contributed by atoms with van der Waals surface area (Å²) in [7, 11) is -1.75. The van der Waals surface area contributed by atoms with Crippen molar-refractivity contribution in [1.29, 1.82) is 0 Å². The number of nitrogens with zero attached hydrogens (tertiary/aromatic N) is 1. The highest BCUT2D eigenvalue weighted by atomic mass is 32.2. The van der Waals surface area contributed by atoms with Gasteiger partial charge in [0.05, 0.1) is 0 Å². The van der Waals surface area contributed by atoms with Gasteiger partial charge in [0.15, 0.2) is 0 Å². The SMILES string of the molecule is C=CCCCN(C)S(=O)(=O)c1cc(CN)cs1. The summed E-state index contributed by atoms with van der Waals surface area (Å²) in [6.07, 6.45) is 3.39. The topological polar surface area (TPSA) is 63.4 Å². The van der Waals surface area contributed by atoms with Crippen molar-refractivity contribution >= 4 is 21.4 Å². The normalized spacial score (nSPS) is 11.9. The van der Waals surface area contributed by atoms with Gasteiger partial charge in [0.2, 0.25) is 0 Å². The molecule has 96 valence electrons. The molecule has 0 saturated carbocycles. The molecule has 0 aliphatic heterocycles. The first-order valence-electron chi connectivity index (χ1n) is 5.37. The van der Waals surface area contributed by atoms with Gasteiger partial charge < -0.3 is 5.73 Å². The number of nitrogens with two attached hydrogens (primary N) is 1. The van der Waals surface area contributed by atoms with E-state index in [9.17, 15) is 8.42 Å². The molecule has 1 aromatic heterocycles. The van der Waals surface area contributed by atoms with Crippen LogP contribution in [-0.2, 0) is 16.6 Å². The lowest BCUT2D eigenvalue weighted by molar-refractivity contribution is 0.464. The maximum atomic E-state index is 12.1. The molecule has 0 amide bonds. The van der Waals surface area contributed by atoms with Crippen molar-refractivity contribution in [3.8, 4) is 0 Å². The Labute approximate surface area is 107 Å². The Morgan fingerprint density at radius 1 is 1.59 bits per heavy atom. The van der Waals surface area contributed by atoms with E-state index >= 15 is 0 Å². The molecule has 1 heterocycles. The minimum absolute atomic E-state index is 0.360. The zero-order valence-corrected chi connectivity index (χ0v) is 11.6. The van der Waals surface area contributed by atoms with Crippen LogP contribution in [-0.4, -0.2) is 26.3 Å². The molecule has 4 nitrogen and oxygen atoms in total. The van der Waals surface area contributed by atoms with Gasteiger partial charge in [0.1, 0.15) is 4.21 Å². The summed E-state index contributed by atoms with van der Waals surface area (Å²) < 4.78 is 26.0. The molecule has 1 rings (SSSR count). The second-order valence-electron chi connectivity index (χ2n) is 3.74. The van der Waals surface area contributed by atoms with Crippen LogP contribution in [0.5, 0.6) is 0 Å². The fourth-order valence-electron chi connectivity index (χ4n) is 1.33. The van der Waals surface area contributed by atoms with E-state index in [1.165, 1.54) is 15.6 Å². The molecule has 2 N–H and O–H groups in total. The quantitative estimate of drug-likeness (QED) is 0.609. The highest BCUT2D eigenvalue weighted by molar-refractivity contribution is 7.91. The molecule has 0 bridgehead atoms. The van der Waals surface area contributed by atoms with Gasteiger partial charge >= 0.3 is 0 Å². The van der Waals surface area contributed by atoms with E-state index in [1.54, 1.807) is 24.6 Å². The Kier molecular flexibility index (Phi) is 5.32. The molecule has 0 fully saturated rings. The Bertz CT molecular complexity index is 466. The predicted octanol–water partition coefficient (Wildman–Crippen LogP) is 1.79. The third-order valence-electron chi connectivity index (χ3n) is 2.41. The molecule has 0 aliphatic rings. The van der Waals surface area contributed by atoms with Gasteiger partial charge in [-0.2, -0.15) is 0 Å². The fraction of sp³-hybridized carbons (Fsp3) is 0.455. The minimum atomic E-state index is -3.35. The summed E-state index contributed by atoms with van der Waals surface area (Å²) in [5.74, 6) is 0. The van der Waals surface area contributed by atoms with Crippen molar-refractivity contribution in [2.45, 2.75) is 23.6 Å². The van der Waals surface area contributed by atoms with Crippen molar-refractivity contribution in [2.24, 2.45) is 5.73 Å². The zero-order chi connectivity index (χ0) is 12.9. The summed E-state index contributed by atoms with van der Waals surface area (Å²) in [4.78, 5) is 0. The molecule has 0 radical (unpaired) electrons. The van der Waals surface area contributed by atoms with Crippen molar-refractivity contribution in [3.05, 3.63) is 29.7 Å². The van der Waals surface area contributed by atoms with Crippen LogP contribution in [0.1, 0.15) is 18.4 Å². The minimum Gasteiger partial charge on any atom is -0.326 e. The monoisotopic (exact) mass is 274 g/mol. The number of hydrogen-bond donors (Lipinski definition) is 1. The summed E-state index contributed by atoms with van der Waals surface area (Å²) >= 11 is 1.22. The summed E-state index contributed by atoms with van der Waals surface area (Å²) in [5.41, 5.74) is 6.32. The van der Waals surface area contributed by atoms with Crippen LogP contribution in [0.4, 0.5) is 0 Å². The third-order valence-corrected chi connectivity index (χ3v) is 5.73. The fourth-order valence-corrected chi connectivity index (χ4v) is 3.97. The average molecular weight is 274 g/mol. The van der Waals surface area contributed by atoms with Crippen LogP contribution in [0.2, 0.25) is 0 Å². The average Bonchev–Trinajstić information content (AvgIpc) is 2.78. The number of thiophene rings is 1. The van der Waals surface area contributed by atoms with E-state index in [-0.39, 0.29) is 0 Å². The highest BCUT2D eigenvalue weighted by Crippen LogP contribution is 2.23. The summed E-state index contributed by atoms with van der Waals surface area (Å²) in [6, 6.07) is 1.64. The second kappa shape index (κ2) is 6.30. The number of rotatable bonds is 7. The van der Waals surface area contributed by atoms with Crippen LogP contribution in [0.25, 0.3) is 0 Å². The van der Waals surface area contributed by atoms with Crippen LogP contribution < -0.4 is 5.73 Å². The first kappa shape index (κ1) is 14.4. The van der Waals surface area contributed by atoms with Gasteiger partial charge in [0.25, 0.3) is 10.0 Å². The maximum absolute atomic E-state index is 12.1. The lowest BCUT2D eigenvalue weighted by Crippen LogP contribution is -2.27. The molecule has 0 spiro atoms. The largest absolute Gasteiger partial charge is 0.326 e. The lowest BCUT2D eigenvalue weighted by atomic mass is 10.3. The second-order valence-corrected chi connectivity index (χ2v) is 6.92. The van der Waals surface area contributed by atoms with Crippen molar-refractivity contribution < 1.29 is 8.42 Å². The van der Waals surface area contributed by atoms with E-state index in [4.69, 9.17) is 5.73 Å². The number of allylic oxidation sites excluding steroid dienone is 1. The molecule has 0 saturated heterocycles. The van der Waals surface area contributed by atoms with Crippen LogP contribution in [0.15, 0.2) is 28.3 Å². The highest BCUT2D eigenvalue weighted by Gasteiger charge is 2.21. The molecule has 0 atom stereocenters. The van der Waals surface area contributed by atoms with Crippen LogP contribution >= 0.6 is 11.3 Å². The zero-order valence-electron chi connectivity index (χ0n) is 9.93. The van der Waals surface area contributed by atoms with Crippen molar-refractivity contribution in [1.82, 2.24) is 4.31 Å². The number of sulfonamides is 1. The van der Waals surface area contributed by atoms with Crippen LogP contribution in [0, 0.1) is 0 Å². The Balaban J connectivity index is 2.76. The molecule has 1 aromatic rings. The molecule has 0 unspecified atom stereocenters. The van der Waals surface area contributed by atoms with Gasteiger partial charge in [-0.05, 0) is 29.9 Å².